The molecule has 2 aliphatic rings. The summed E-state index contributed by atoms with van der Waals surface area (Å²) in [5.74, 6) is -0.745. The maximum atomic E-state index is 13.3. The number of hydrogen-bond donors (Lipinski definition) is 1. The highest BCUT2D eigenvalue weighted by Gasteiger charge is 2.52. The number of urea groups is 1. The van der Waals surface area contributed by atoms with E-state index in [9.17, 15) is 14.4 Å². The Hall–Kier alpha value is -3.66. The first-order valence-corrected chi connectivity index (χ1v) is 10.8. The largest absolute Gasteiger partial charge is 0.325 e. The number of imide groups is 1. The third-order valence-corrected chi connectivity index (χ3v) is 6.52. The molecule has 32 heavy (non-hydrogen) atoms. The first-order chi connectivity index (χ1) is 15.3. The van der Waals surface area contributed by atoms with E-state index < -0.39 is 11.6 Å². The topological polar surface area (TPSA) is 93.5 Å². The van der Waals surface area contributed by atoms with Crippen molar-refractivity contribution in [3.05, 3.63) is 64.7 Å². The number of carbonyl (C=O) groups excluding carboxylic acids is 3. The molecule has 0 bridgehead atoms. The number of anilines is 1. The van der Waals surface area contributed by atoms with E-state index in [0.29, 0.717) is 24.9 Å². The van der Waals surface area contributed by atoms with Crippen LogP contribution in [0.25, 0.3) is 0 Å². The summed E-state index contributed by atoms with van der Waals surface area (Å²) >= 11 is 0. The van der Waals surface area contributed by atoms with E-state index in [-0.39, 0.29) is 31.3 Å². The van der Waals surface area contributed by atoms with Crippen LogP contribution in [0.3, 0.4) is 0 Å². The van der Waals surface area contributed by atoms with E-state index in [4.69, 9.17) is 5.26 Å². The number of rotatable bonds is 5. The summed E-state index contributed by atoms with van der Waals surface area (Å²) in [6.07, 6.45) is 1.78. The highest BCUT2D eigenvalue weighted by atomic mass is 16.2. The van der Waals surface area contributed by atoms with Crippen LogP contribution in [0.5, 0.6) is 0 Å². The molecule has 4 amide bonds. The van der Waals surface area contributed by atoms with Crippen molar-refractivity contribution in [1.29, 1.82) is 5.26 Å². The number of fused-ring (bicyclic) bond motifs is 1. The number of benzene rings is 2. The summed E-state index contributed by atoms with van der Waals surface area (Å²) in [5.41, 5.74) is 4.01. The highest BCUT2D eigenvalue weighted by Crippen LogP contribution is 2.33. The minimum absolute atomic E-state index is 0.152. The lowest BCUT2D eigenvalue weighted by molar-refractivity contribution is -0.134. The Balaban J connectivity index is 1.55. The van der Waals surface area contributed by atoms with Crippen LogP contribution in [0, 0.1) is 25.2 Å². The number of nitrogens with one attached hydrogen (secondary N) is 1. The van der Waals surface area contributed by atoms with Crippen LogP contribution in [-0.2, 0) is 22.4 Å². The first kappa shape index (κ1) is 21.6. The first-order valence-electron chi connectivity index (χ1n) is 10.8. The van der Waals surface area contributed by atoms with Crippen molar-refractivity contribution in [3.63, 3.8) is 0 Å². The van der Waals surface area contributed by atoms with Crippen molar-refractivity contribution >= 4 is 23.5 Å². The van der Waals surface area contributed by atoms with Gasteiger partial charge in [0.15, 0.2) is 0 Å². The van der Waals surface area contributed by atoms with Crippen molar-refractivity contribution in [2.24, 2.45) is 0 Å². The van der Waals surface area contributed by atoms with E-state index in [0.717, 1.165) is 21.6 Å². The molecule has 7 heteroatoms. The van der Waals surface area contributed by atoms with Gasteiger partial charge in [0.1, 0.15) is 12.1 Å². The van der Waals surface area contributed by atoms with Crippen LogP contribution in [0.2, 0.25) is 0 Å². The minimum atomic E-state index is -0.996. The monoisotopic (exact) mass is 430 g/mol. The lowest BCUT2D eigenvalue weighted by atomic mass is 9.78. The van der Waals surface area contributed by atoms with Gasteiger partial charge in [0.2, 0.25) is 5.91 Å². The molecule has 1 atom stereocenters. The van der Waals surface area contributed by atoms with Gasteiger partial charge in [-0.2, -0.15) is 5.26 Å². The number of aryl methyl sites for hydroxylation is 3. The molecule has 0 radical (unpaired) electrons. The second-order valence-corrected chi connectivity index (χ2v) is 8.57. The van der Waals surface area contributed by atoms with Gasteiger partial charge >= 0.3 is 6.03 Å². The van der Waals surface area contributed by atoms with E-state index in [1.54, 1.807) is 0 Å². The molecule has 1 heterocycles. The Morgan fingerprint density at radius 2 is 1.91 bits per heavy atom. The van der Waals surface area contributed by atoms with E-state index >= 15 is 0 Å². The lowest BCUT2D eigenvalue weighted by Crippen LogP contribution is -2.51. The van der Waals surface area contributed by atoms with Gasteiger partial charge in [-0.05, 0) is 61.1 Å². The average molecular weight is 431 g/mol. The summed E-state index contributed by atoms with van der Waals surface area (Å²) in [7, 11) is 0. The number of hydrogen-bond acceptors (Lipinski definition) is 4. The van der Waals surface area contributed by atoms with E-state index in [1.165, 1.54) is 10.5 Å². The summed E-state index contributed by atoms with van der Waals surface area (Å²) in [6, 6.07) is 15.1. The number of carbonyl (C=O) groups is 3. The van der Waals surface area contributed by atoms with Crippen LogP contribution >= 0.6 is 0 Å². The molecule has 1 saturated heterocycles. The molecule has 1 aliphatic heterocycles. The maximum Gasteiger partial charge on any atom is 0.325 e. The summed E-state index contributed by atoms with van der Waals surface area (Å²) in [5, 5.41) is 11.9. The molecule has 0 aromatic heterocycles. The molecule has 2 aromatic carbocycles. The van der Waals surface area contributed by atoms with Crippen LogP contribution in [0.1, 0.15) is 35.1 Å². The fraction of sp³-hybridized carbons (Fsp3) is 0.360. The number of nitriles is 1. The van der Waals surface area contributed by atoms with Crippen LogP contribution in [0.15, 0.2) is 42.5 Å². The van der Waals surface area contributed by atoms with Crippen LogP contribution in [0.4, 0.5) is 10.5 Å². The maximum absolute atomic E-state index is 13.3. The summed E-state index contributed by atoms with van der Waals surface area (Å²) in [4.78, 5) is 41.8. The lowest BCUT2D eigenvalue weighted by Gasteiger charge is -2.32. The predicted molar refractivity (Wildman–Crippen MR) is 120 cm³/mol. The van der Waals surface area contributed by atoms with E-state index in [2.05, 4.69) is 11.4 Å². The van der Waals surface area contributed by atoms with Crippen molar-refractivity contribution < 1.29 is 14.4 Å². The van der Waals surface area contributed by atoms with Gasteiger partial charge in [-0.1, -0.05) is 30.3 Å². The van der Waals surface area contributed by atoms with Gasteiger partial charge in [0, 0.05) is 18.7 Å². The Bertz CT molecular complexity index is 1140. The molecule has 0 saturated carbocycles. The SMILES string of the molecule is Cc1ccc(N(CCC#N)C(=O)CN2C(=O)NC3(CCc4ccccc4C3)C2=O)cc1C. The molecule has 1 fully saturated rings. The zero-order chi connectivity index (χ0) is 22.9. The molecule has 1 aliphatic carbocycles. The molecule has 7 nitrogen and oxygen atoms in total. The van der Waals surface area contributed by atoms with Gasteiger partial charge in [-0.15, -0.1) is 0 Å². The zero-order valence-electron chi connectivity index (χ0n) is 18.4. The number of amides is 4. The molecule has 2 aromatic rings. The average Bonchev–Trinajstić information content (AvgIpc) is 3.00. The third kappa shape index (κ3) is 3.84. The van der Waals surface area contributed by atoms with Gasteiger partial charge in [-0.3, -0.25) is 14.5 Å². The van der Waals surface area contributed by atoms with Crippen molar-refractivity contribution in [2.75, 3.05) is 18.0 Å². The second kappa shape index (κ2) is 8.46. The van der Waals surface area contributed by atoms with Gasteiger partial charge in [0.05, 0.1) is 12.5 Å². The molecular formula is C25H26N4O3. The van der Waals surface area contributed by atoms with Gasteiger partial charge in [0.25, 0.3) is 5.91 Å². The Kier molecular flexibility index (Phi) is 5.70. The van der Waals surface area contributed by atoms with Gasteiger partial charge < -0.3 is 10.2 Å². The molecule has 1 N–H and O–H groups in total. The van der Waals surface area contributed by atoms with Crippen molar-refractivity contribution in [1.82, 2.24) is 10.2 Å². The summed E-state index contributed by atoms with van der Waals surface area (Å²) < 4.78 is 0. The van der Waals surface area contributed by atoms with Crippen molar-refractivity contribution in [2.45, 2.75) is 45.1 Å². The smallest absolute Gasteiger partial charge is 0.323 e. The highest BCUT2D eigenvalue weighted by molar-refractivity contribution is 6.10. The molecule has 1 spiro atoms. The van der Waals surface area contributed by atoms with Crippen LogP contribution in [-0.4, -0.2) is 41.4 Å². The normalized spacial score (nSPS) is 19.5. The standard InChI is InChI=1S/C25H26N4O3/c1-17-8-9-21(14-18(17)2)28(13-5-12-26)22(30)16-29-23(31)25(27-24(29)32)11-10-19-6-3-4-7-20(19)15-25/h3-4,6-9,14H,5,10-11,13,15-16H2,1-2H3,(H,27,32). The van der Waals surface area contributed by atoms with Crippen molar-refractivity contribution in [3.8, 4) is 6.07 Å². The zero-order valence-corrected chi connectivity index (χ0v) is 18.4. The Labute approximate surface area is 187 Å². The predicted octanol–water partition coefficient (Wildman–Crippen LogP) is 3.03. The Morgan fingerprint density at radius 1 is 1.16 bits per heavy atom. The van der Waals surface area contributed by atoms with E-state index in [1.807, 2.05) is 56.3 Å². The fourth-order valence-electron chi connectivity index (χ4n) is 4.52. The fourth-order valence-corrected chi connectivity index (χ4v) is 4.52. The van der Waals surface area contributed by atoms with Gasteiger partial charge in [-0.25, -0.2) is 4.79 Å². The molecular weight excluding hydrogens is 404 g/mol. The third-order valence-electron chi connectivity index (χ3n) is 6.52. The Morgan fingerprint density at radius 3 is 2.62 bits per heavy atom. The summed E-state index contributed by atoms with van der Waals surface area (Å²) in [6.45, 7) is 3.77. The molecule has 1 unspecified atom stereocenters. The second-order valence-electron chi connectivity index (χ2n) is 8.57. The quantitative estimate of drug-likeness (QED) is 0.738. The molecule has 164 valence electrons. The minimum Gasteiger partial charge on any atom is -0.323 e. The molecule has 4 rings (SSSR count). The number of nitrogens with zero attached hydrogens (tertiary/aromatic N) is 3. The van der Waals surface area contributed by atoms with Crippen LogP contribution < -0.4 is 10.2 Å².